The van der Waals surface area contributed by atoms with Gasteiger partial charge in [0.05, 0.1) is 12.2 Å². The fourth-order valence-corrected chi connectivity index (χ4v) is 3.23. The standard InChI is InChI=1S/C15H14N2S2/c1-11-7-8-19-14(11)10-17-13(9-16-15(17)18)12-5-3-2-4-6-12/h2-9H,10H2,1H3,(H,16,18). The van der Waals surface area contributed by atoms with Gasteiger partial charge in [-0.15, -0.1) is 11.3 Å². The van der Waals surface area contributed by atoms with Crippen molar-refractivity contribution in [2.45, 2.75) is 13.5 Å². The second-order valence-corrected chi connectivity index (χ2v) is 5.85. The van der Waals surface area contributed by atoms with E-state index >= 15 is 0 Å². The van der Waals surface area contributed by atoms with Crippen LogP contribution in [0.5, 0.6) is 0 Å². The molecule has 0 amide bonds. The third kappa shape index (κ3) is 2.41. The van der Waals surface area contributed by atoms with Gasteiger partial charge in [0.1, 0.15) is 0 Å². The normalized spacial score (nSPS) is 10.8. The monoisotopic (exact) mass is 286 g/mol. The van der Waals surface area contributed by atoms with E-state index in [2.05, 4.69) is 40.1 Å². The molecule has 0 atom stereocenters. The van der Waals surface area contributed by atoms with Crippen LogP contribution >= 0.6 is 23.6 Å². The Balaban J connectivity index is 2.05. The molecule has 0 aliphatic rings. The van der Waals surface area contributed by atoms with E-state index in [0.717, 1.165) is 17.0 Å². The maximum atomic E-state index is 5.40. The number of rotatable bonds is 3. The van der Waals surface area contributed by atoms with Crippen LogP contribution in [0.15, 0.2) is 48.0 Å². The van der Waals surface area contributed by atoms with Gasteiger partial charge in [0.2, 0.25) is 0 Å². The van der Waals surface area contributed by atoms with Gasteiger partial charge in [0.25, 0.3) is 0 Å². The molecular formula is C15H14N2S2. The maximum absolute atomic E-state index is 5.40. The molecule has 0 unspecified atom stereocenters. The zero-order chi connectivity index (χ0) is 13.2. The number of aryl methyl sites for hydroxylation is 1. The van der Waals surface area contributed by atoms with Crippen LogP contribution in [0.3, 0.4) is 0 Å². The van der Waals surface area contributed by atoms with Crippen LogP contribution in [0.25, 0.3) is 11.3 Å². The number of imidazole rings is 1. The summed E-state index contributed by atoms with van der Waals surface area (Å²) in [6.45, 7) is 2.97. The molecule has 19 heavy (non-hydrogen) atoms. The number of nitrogens with zero attached hydrogens (tertiary/aromatic N) is 1. The molecule has 0 fully saturated rings. The second-order valence-electron chi connectivity index (χ2n) is 4.46. The molecule has 0 radical (unpaired) electrons. The molecule has 2 heterocycles. The molecule has 3 rings (SSSR count). The highest BCUT2D eigenvalue weighted by Crippen LogP contribution is 2.23. The van der Waals surface area contributed by atoms with E-state index in [1.807, 2.05) is 24.4 Å². The Morgan fingerprint density at radius 1 is 1.21 bits per heavy atom. The van der Waals surface area contributed by atoms with Crippen molar-refractivity contribution in [1.29, 1.82) is 0 Å². The number of H-pyrrole nitrogens is 1. The van der Waals surface area contributed by atoms with Crippen molar-refractivity contribution >= 4 is 23.6 Å². The highest BCUT2D eigenvalue weighted by molar-refractivity contribution is 7.71. The van der Waals surface area contributed by atoms with Crippen LogP contribution in [0, 0.1) is 11.7 Å². The summed E-state index contributed by atoms with van der Waals surface area (Å²) in [5.74, 6) is 0. The summed E-state index contributed by atoms with van der Waals surface area (Å²) >= 11 is 7.18. The van der Waals surface area contributed by atoms with Crippen LogP contribution in [0.1, 0.15) is 10.4 Å². The van der Waals surface area contributed by atoms with E-state index < -0.39 is 0 Å². The molecule has 2 nitrogen and oxygen atoms in total. The molecule has 2 aromatic heterocycles. The summed E-state index contributed by atoms with van der Waals surface area (Å²) in [5, 5.41) is 2.13. The molecule has 3 aromatic rings. The summed E-state index contributed by atoms with van der Waals surface area (Å²) in [4.78, 5) is 4.50. The molecule has 0 bridgehead atoms. The van der Waals surface area contributed by atoms with Gasteiger partial charge in [0, 0.05) is 11.1 Å². The van der Waals surface area contributed by atoms with E-state index in [4.69, 9.17) is 12.2 Å². The average molecular weight is 286 g/mol. The van der Waals surface area contributed by atoms with Crippen molar-refractivity contribution in [3.8, 4) is 11.3 Å². The number of aromatic nitrogens is 2. The highest BCUT2D eigenvalue weighted by atomic mass is 32.1. The van der Waals surface area contributed by atoms with Crippen LogP contribution in [-0.2, 0) is 6.54 Å². The third-order valence-corrected chi connectivity index (χ3v) is 4.55. The van der Waals surface area contributed by atoms with Gasteiger partial charge in [-0.1, -0.05) is 30.3 Å². The van der Waals surface area contributed by atoms with Crippen LogP contribution in [-0.4, -0.2) is 9.55 Å². The Hall–Kier alpha value is -1.65. The number of thiophene rings is 1. The minimum absolute atomic E-state index is 0.770. The zero-order valence-corrected chi connectivity index (χ0v) is 12.2. The van der Waals surface area contributed by atoms with Gasteiger partial charge in [-0.3, -0.25) is 0 Å². The van der Waals surface area contributed by atoms with E-state index in [9.17, 15) is 0 Å². The van der Waals surface area contributed by atoms with E-state index in [1.165, 1.54) is 16.0 Å². The number of benzene rings is 1. The lowest BCUT2D eigenvalue weighted by Gasteiger charge is -2.08. The predicted molar refractivity (Wildman–Crippen MR) is 83.2 cm³/mol. The van der Waals surface area contributed by atoms with Gasteiger partial charge in [-0.05, 0) is 41.7 Å². The van der Waals surface area contributed by atoms with E-state index in [0.29, 0.717) is 0 Å². The van der Waals surface area contributed by atoms with Crippen molar-refractivity contribution < 1.29 is 0 Å². The van der Waals surface area contributed by atoms with Crippen molar-refractivity contribution in [1.82, 2.24) is 9.55 Å². The van der Waals surface area contributed by atoms with Crippen molar-refractivity contribution in [2.24, 2.45) is 0 Å². The molecule has 0 aliphatic heterocycles. The number of hydrogen-bond acceptors (Lipinski definition) is 2. The molecule has 0 spiro atoms. The van der Waals surface area contributed by atoms with Gasteiger partial charge in [-0.2, -0.15) is 0 Å². The quantitative estimate of drug-likeness (QED) is 0.696. The Labute approximate surface area is 121 Å². The zero-order valence-electron chi connectivity index (χ0n) is 10.6. The molecule has 0 saturated heterocycles. The molecule has 0 aliphatic carbocycles. The maximum Gasteiger partial charge on any atom is 0.177 e. The van der Waals surface area contributed by atoms with E-state index in [-0.39, 0.29) is 0 Å². The Morgan fingerprint density at radius 3 is 2.68 bits per heavy atom. The second kappa shape index (κ2) is 5.15. The first-order chi connectivity index (χ1) is 9.25. The number of nitrogens with one attached hydrogen (secondary N) is 1. The Morgan fingerprint density at radius 2 is 2.00 bits per heavy atom. The fraction of sp³-hybridized carbons (Fsp3) is 0.133. The van der Waals surface area contributed by atoms with Gasteiger partial charge in [0.15, 0.2) is 4.77 Å². The third-order valence-electron chi connectivity index (χ3n) is 3.21. The summed E-state index contributed by atoms with van der Waals surface area (Å²) in [6.07, 6.45) is 1.99. The first kappa shape index (κ1) is 12.4. The van der Waals surface area contributed by atoms with Crippen LogP contribution in [0.4, 0.5) is 0 Å². The summed E-state index contributed by atoms with van der Waals surface area (Å²) in [5.41, 5.74) is 3.65. The molecular weight excluding hydrogens is 272 g/mol. The van der Waals surface area contributed by atoms with Crippen molar-refractivity contribution in [2.75, 3.05) is 0 Å². The highest BCUT2D eigenvalue weighted by Gasteiger charge is 2.08. The first-order valence-electron chi connectivity index (χ1n) is 6.12. The summed E-state index contributed by atoms with van der Waals surface area (Å²) in [7, 11) is 0. The molecule has 1 N–H and O–H groups in total. The molecule has 1 aromatic carbocycles. The first-order valence-corrected chi connectivity index (χ1v) is 7.41. The Bertz CT molecular complexity index is 735. The smallest absolute Gasteiger partial charge is 0.177 e. The SMILES string of the molecule is Cc1ccsc1Cn1c(-c2ccccc2)c[nH]c1=S. The van der Waals surface area contributed by atoms with Gasteiger partial charge < -0.3 is 9.55 Å². The lowest BCUT2D eigenvalue weighted by molar-refractivity contribution is 0.799. The molecule has 0 saturated carbocycles. The summed E-state index contributed by atoms with van der Waals surface area (Å²) < 4.78 is 2.93. The fourth-order valence-electron chi connectivity index (χ4n) is 2.11. The van der Waals surface area contributed by atoms with E-state index in [1.54, 1.807) is 11.3 Å². The molecule has 96 valence electrons. The van der Waals surface area contributed by atoms with Gasteiger partial charge >= 0.3 is 0 Å². The van der Waals surface area contributed by atoms with Crippen LogP contribution in [0.2, 0.25) is 0 Å². The lowest BCUT2D eigenvalue weighted by Crippen LogP contribution is -2.01. The largest absolute Gasteiger partial charge is 0.337 e. The minimum Gasteiger partial charge on any atom is -0.337 e. The topological polar surface area (TPSA) is 20.7 Å². The number of hydrogen-bond donors (Lipinski definition) is 1. The Kier molecular flexibility index (Phi) is 3.36. The van der Waals surface area contributed by atoms with Crippen molar-refractivity contribution in [3.05, 3.63) is 63.2 Å². The lowest BCUT2D eigenvalue weighted by atomic mass is 10.1. The average Bonchev–Trinajstić information content (AvgIpc) is 2.99. The molecule has 4 heteroatoms. The van der Waals surface area contributed by atoms with Crippen molar-refractivity contribution in [3.63, 3.8) is 0 Å². The predicted octanol–water partition coefficient (Wildman–Crippen LogP) is 4.63. The number of aromatic amines is 1. The van der Waals surface area contributed by atoms with Crippen LogP contribution < -0.4 is 0 Å². The summed E-state index contributed by atoms with van der Waals surface area (Å²) in [6, 6.07) is 12.5. The minimum atomic E-state index is 0.770. The van der Waals surface area contributed by atoms with Gasteiger partial charge in [-0.25, -0.2) is 0 Å².